The topological polar surface area (TPSA) is 86.7 Å². The molecular formula is C22H24N2O6. The van der Waals surface area contributed by atoms with E-state index in [0.717, 1.165) is 23.1 Å². The van der Waals surface area contributed by atoms with Gasteiger partial charge in [-0.1, -0.05) is 17.3 Å². The highest BCUT2D eigenvalue weighted by atomic mass is 16.6. The van der Waals surface area contributed by atoms with E-state index in [-0.39, 0.29) is 12.5 Å². The molecule has 1 amide bonds. The average Bonchev–Trinajstić information content (AvgIpc) is 2.80. The van der Waals surface area contributed by atoms with Crippen molar-refractivity contribution in [3.8, 4) is 11.5 Å². The van der Waals surface area contributed by atoms with Gasteiger partial charge in [0.05, 0.1) is 33.1 Å². The lowest BCUT2D eigenvalue weighted by Crippen LogP contribution is -2.38. The van der Waals surface area contributed by atoms with Crippen LogP contribution in [0.1, 0.15) is 27.0 Å². The van der Waals surface area contributed by atoms with Gasteiger partial charge < -0.3 is 23.9 Å². The zero-order chi connectivity index (χ0) is 21.5. The van der Waals surface area contributed by atoms with Crippen molar-refractivity contribution in [1.29, 1.82) is 0 Å². The molecule has 1 aliphatic rings. The number of esters is 1. The van der Waals surface area contributed by atoms with Gasteiger partial charge in [-0.3, -0.25) is 4.79 Å². The molecule has 0 saturated heterocycles. The van der Waals surface area contributed by atoms with Crippen molar-refractivity contribution in [2.75, 3.05) is 34.5 Å². The SMILES string of the molecule is COC(=O)c1ccc(/C=N/OCC(=O)N2CCc3cc(OC)c(OC)cc3C2)cc1. The molecule has 8 nitrogen and oxygen atoms in total. The molecule has 0 saturated carbocycles. The Balaban J connectivity index is 1.53. The summed E-state index contributed by atoms with van der Waals surface area (Å²) in [6.45, 7) is 0.930. The van der Waals surface area contributed by atoms with Gasteiger partial charge in [0.15, 0.2) is 18.1 Å². The molecule has 3 rings (SSSR count). The molecule has 0 spiro atoms. The summed E-state index contributed by atoms with van der Waals surface area (Å²) >= 11 is 0. The molecule has 30 heavy (non-hydrogen) atoms. The van der Waals surface area contributed by atoms with Gasteiger partial charge >= 0.3 is 5.97 Å². The number of ether oxygens (including phenoxy) is 3. The van der Waals surface area contributed by atoms with Crippen molar-refractivity contribution in [1.82, 2.24) is 4.90 Å². The molecule has 0 atom stereocenters. The van der Waals surface area contributed by atoms with Crippen molar-refractivity contribution in [3.05, 3.63) is 58.7 Å². The fourth-order valence-corrected chi connectivity index (χ4v) is 3.20. The van der Waals surface area contributed by atoms with E-state index >= 15 is 0 Å². The number of carbonyl (C=O) groups excluding carboxylic acids is 2. The van der Waals surface area contributed by atoms with Crippen LogP contribution in [0.2, 0.25) is 0 Å². The lowest BCUT2D eigenvalue weighted by Gasteiger charge is -2.29. The summed E-state index contributed by atoms with van der Waals surface area (Å²) in [6.07, 6.45) is 2.22. The maximum Gasteiger partial charge on any atom is 0.337 e. The quantitative estimate of drug-likeness (QED) is 0.394. The molecule has 0 fully saturated rings. The number of benzene rings is 2. The first-order valence-corrected chi connectivity index (χ1v) is 9.41. The van der Waals surface area contributed by atoms with Crippen LogP contribution in [0.15, 0.2) is 41.6 Å². The Morgan fingerprint density at radius 2 is 1.70 bits per heavy atom. The zero-order valence-electron chi connectivity index (χ0n) is 17.2. The lowest BCUT2D eigenvalue weighted by molar-refractivity contribution is -0.137. The van der Waals surface area contributed by atoms with E-state index in [1.54, 1.807) is 43.4 Å². The fourth-order valence-electron chi connectivity index (χ4n) is 3.20. The molecule has 1 heterocycles. The molecule has 0 aromatic heterocycles. The third-order valence-electron chi connectivity index (χ3n) is 4.87. The minimum absolute atomic E-state index is 0.145. The largest absolute Gasteiger partial charge is 0.493 e. The average molecular weight is 412 g/mol. The Labute approximate surface area is 175 Å². The predicted molar refractivity (Wildman–Crippen MR) is 110 cm³/mol. The van der Waals surface area contributed by atoms with Crippen LogP contribution in [-0.4, -0.2) is 57.5 Å². The molecule has 0 bridgehead atoms. The molecule has 0 unspecified atom stereocenters. The van der Waals surface area contributed by atoms with E-state index < -0.39 is 5.97 Å². The molecule has 8 heteroatoms. The summed E-state index contributed by atoms with van der Waals surface area (Å²) in [5.41, 5.74) is 3.36. The molecular weight excluding hydrogens is 388 g/mol. The van der Waals surface area contributed by atoms with Crippen molar-refractivity contribution >= 4 is 18.1 Å². The number of oxime groups is 1. The molecule has 2 aromatic carbocycles. The van der Waals surface area contributed by atoms with Gasteiger partial charge in [-0.15, -0.1) is 0 Å². The van der Waals surface area contributed by atoms with Gasteiger partial charge in [0.1, 0.15) is 0 Å². The Bertz CT molecular complexity index is 939. The summed E-state index contributed by atoms with van der Waals surface area (Å²) in [4.78, 5) is 30.8. The van der Waals surface area contributed by atoms with Gasteiger partial charge in [0, 0.05) is 13.1 Å². The van der Waals surface area contributed by atoms with Crippen LogP contribution in [-0.2, 0) is 27.3 Å². The molecule has 158 valence electrons. The van der Waals surface area contributed by atoms with Crippen molar-refractivity contribution in [2.24, 2.45) is 5.16 Å². The van der Waals surface area contributed by atoms with E-state index in [0.29, 0.717) is 30.2 Å². The number of fused-ring (bicyclic) bond motifs is 1. The summed E-state index contributed by atoms with van der Waals surface area (Å²) in [6, 6.07) is 10.6. The van der Waals surface area contributed by atoms with Crippen molar-refractivity contribution in [3.63, 3.8) is 0 Å². The van der Waals surface area contributed by atoms with Gasteiger partial charge in [0.25, 0.3) is 5.91 Å². The monoisotopic (exact) mass is 412 g/mol. The molecule has 0 radical (unpaired) electrons. The predicted octanol–water partition coefficient (Wildman–Crippen LogP) is 2.43. The third-order valence-corrected chi connectivity index (χ3v) is 4.87. The highest BCUT2D eigenvalue weighted by Gasteiger charge is 2.23. The smallest absolute Gasteiger partial charge is 0.337 e. The fraction of sp³-hybridized carbons (Fsp3) is 0.318. The number of rotatable bonds is 7. The first-order valence-electron chi connectivity index (χ1n) is 9.41. The van der Waals surface area contributed by atoms with E-state index in [4.69, 9.17) is 14.3 Å². The number of hydrogen-bond acceptors (Lipinski definition) is 7. The van der Waals surface area contributed by atoms with Crippen LogP contribution < -0.4 is 9.47 Å². The Kier molecular flexibility index (Phi) is 6.90. The van der Waals surface area contributed by atoms with Crippen LogP contribution >= 0.6 is 0 Å². The number of methoxy groups -OCH3 is 3. The van der Waals surface area contributed by atoms with Crippen LogP contribution in [0.3, 0.4) is 0 Å². The maximum atomic E-state index is 12.5. The zero-order valence-corrected chi connectivity index (χ0v) is 17.2. The molecule has 2 aromatic rings. The first-order chi connectivity index (χ1) is 14.5. The number of amides is 1. The Hall–Kier alpha value is -3.55. The van der Waals surface area contributed by atoms with Gasteiger partial charge in [-0.05, 0) is 47.4 Å². The van der Waals surface area contributed by atoms with E-state index in [1.807, 2.05) is 12.1 Å². The highest BCUT2D eigenvalue weighted by molar-refractivity contribution is 5.90. The number of nitrogens with zero attached hydrogens (tertiary/aromatic N) is 2. The third kappa shape index (κ3) is 4.89. The van der Waals surface area contributed by atoms with Gasteiger partial charge in [-0.25, -0.2) is 4.79 Å². The summed E-state index contributed by atoms with van der Waals surface area (Å²) < 4.78 is 15.3. The van der Waals surface area contributed by atoms with E-state index in [1.165, 1.54) is 13.3 Å². The normalized spacial score (nSPS) is 13.0. The second kappa shape index (κ2) is 9.78. The lowest BCUT2D eigenvalue weighted by atomic mass is 9.99. The van der Waals surface area contributed by atoms with Crippen LogP contribution in [0.4, 0.5) is 0 Å². The van der Waals surface area contributed by atoms with Crippen LogP contribution in [0, 0.1) is 0 Å². The first kappa shape index (κ1) is 21.2. The molecule has 0 aliphatic carbocycles. The van der Waals surface area contributed by atoms with Gasteiger partial charge in [-0.2, -0.15) is 0 Å². The Morgan fingerprint density at radius 3 is 2.33 bits per heavy atom. The number of hydrogen-bond donors (Lipinski definition) is 0. The Morgan fingerprint density at radius 1 is 1.03 bits per heavy atom. The number of carbonyl (C=O) groups is 2. The van der Waals surface area contributed by atoms with Crippen LogP contribution in [0.5, 0.6) is 11.5 Å². The minimum atomic E-state index is -0.403. The standard InChI is InChI=1S/C22H24N2O6/c1-27-19-10-17-8-9-24(13-18(17)11-20(19)28-2)21(25)14-30-23-12-15-4-6-16(7-5-15)22(26)29-3/h4-7,10-12H,8-9,13-14H2,1-3H3/b23-12+. The van der Waals surface area contributed by atoms with Crippen LogP contribution in [0.25, 0.3) is 0 Å². The van der Waals surface area contributed by atoms with E-state index in [9.17, 15) is 9.59 Å². The maximum absolute atomic E-state index is 12.5. The minimum Gasteiger partial charge on any atom is -0.493 e. The van der Waals surface area contributed by atoms with E-state index in [2.05, 4.69) is 9.89 Å². The molecule has 0 N–H and O–H groups in total. The second-order valence-corrected chi connectivity index (χ2v) is 6.66. The van der Waals surface area contributed by atoms with Crippen molar-refractivity contribution in [2.45, 2.75) is 13.0 Å². The summed E-state index contributed by atoms with van der Waals surface area (Å²) in [5, 5.41) is 3.84. The molecule has 1 aliphatic heterocycles. The second-order valence-electron chi connectivity index (χ2n) is 6.66. The highest BCUT2D eigenvalue weighted by Crippen LogP contribution is 2.33. The summed E-state index contributed by atoms with van der Waals surface area (Å²) in [7, 11) is 4.52. The summed E-state index contributed by atoms with van der Waals surface area (Å²) in [5.74, 6) is 0.783. The van der Waals surface area contributed by atoms with Crippen molar-refractivity contribution < 1.29 is 28.6 Å². The van der Waals surface area contributed by atoms with Gasteiger partial charge in [0.2, 0.25) is 0 Å².